The van der Waals surface area contributed by atoms with E-state index < -0.39 is 5.41 Å². The van der Waals surface area contributed by atoms with E-state index in [0.717, 1.165) is 57.7 Å². The highest BCUT2D eigenvalue weighted by atomic mass is 16.5. The second-order valence-electron chi connectivity index (χ2n) is 9.82. The van der Waals surface area contributed by atoms with Gasteiger partial charge in [0.05, 0.1) is 23.7 Å². The minimum Gasteiger partial charge on any atom is -0.497 e. The summed E-state index contributed by atoms with van der Waals surface area (Å²) in [5.41, 5.74) is 6.90. The van der Waals surface area contributed by atoms with Crippen molar-refractivity contribution in [3.8, 4) is 5.75 Å². The van der Waals surface area contributed by atoms with Gasteiger partial charge in [0.1, 0.15) is 5.75 Å². The van der Waals surface area contributed by atoms with E-state index in [1.807, 2.05) is 24.3 Å². The molecule has 1 fully saturated rings. The lowest BCUT2D eigenvalue weighted by atomic mass is 9.91. The Morgan fingerprint density at radius 2 is 1.91 bits per heavy atom. The van der Waals surface area contributed by atoms with Crippen LogP contribution < -0.4 is 10.1 Å². The number of methoxy groups -OCH3 is 1. The normalized spacial score (nSPS) is 20.7. The number of hydrogen-bond acceptors (Lipinski definition) is 4. The summed E-state index contributed by atoms with van der Waals surface area (Å²) in [6, 6.07) is 20.8. The fraction of sp³-hybridized carbons (Fsp3) is 0.241. The maximum Gasteiger partial charge on any atom is 0.235 e. The molecule has 0 saturated heterocycles. The predicted octanol–water partition coefficient (Wildman–Crippen LogP) is 5.18. The number of hydrogen-bond donors (Lipinski definition) is 2. The van der Waals surface area contributed by atoms with E-state index in [1.54, 1.807) is 7.11 Å². The fourth-order valence-corrected chi connectivity index (χ4v) is 5.38. The quantitative estimate of drug-likeness (QED) is 0.413. The summed E-state index contributed by atoms with van der Waals surface area (Å²) in [5.74, 6) is 0.997. The molecule has 6 heteroatoms. The Morgan fingerprint density at radius 3 is 2.69 bits per heavy atom. The number of rotatable bonds is 6. The molecule has 2 atom stereocenters. The van der Waals surface area contributed by atoms with Gasteiger partial charge in [0.25, 0.3) is 0 Å². The van der Waals surface area contributed by atoms with E-state index in [1.165, 1.54) is 5.56 Å². The Kier molecular flexibility index (Phi) is 5.00. The predicted molar refractivity (Wildman–Crippen MR) is 140 cm³/mol. The van der Waals surface area contributed by atoms with Crippen molar-refractivity contribution in [2.75, 3.05) is 26.5 Å². The molecule has 0 bridgehead atoms. The maximum absolute atomic E-state index is 13.0. The highest BCUT2D eigenvalue weighted by molar-refractivity contribution is 6.10. The van der Waals surface area contributed by atoms with Crippen molar-refractivity contribution < 1.29 is 9.53 Å². The molecule has 1 spiro atoms. The molecule has 6 nitrogen and oxygen atoms in total. The van der Waals surface area contributed by atoms with E-state index in [2.05, 4.69) is 83.0 Å². The lowest BCUT2D eigenvalue weighted by molar-refractivity contribution is -0.118. The summed E-state index contributed by atoms with van der Waals surface area (Å²) in [7, 11) is 5.80. The molecule has 2 heterocycles. The van der Waals surface area contributed by atoms with Crippen LogP contribution in [0.2, 0.25) is 0 Å². The van der Waals surface area contributed by atoms with Gasteiger partial charge in [-0.25, -0.2) is 0 Å². The first-order valence-electron chi connectivity index (χ1n) is 11.9. The monoisotopic (exact) mass is 464 g/mol. The minimum atomic E-state index is -0.501. The zero-order chi connectivity index (χ0) is 24.2. The van der Waals surface area contributed by atoms with Gasteiger partial charge in [-0.15, -0.1) is 0 Å². The summed E-state index contributed by atoms with van der Waals surface area (Å²) < 4.78 is 5.41. The van der Waals surface area contributed by atoms with Crippen LogP contribution in [0.4, 0.5) is 5.69 Å². The molecule has 4 aromatic rings. The van der Waals surface area contributed by atoms with Crippen LogP contribution in [-0.2, 0) is 16.8 Å². The van der Waals surface area contributed by atoms with Crippen molar-refractivity contribution in [2.45, 2.75) is 24.3 Å². The number of benzene rings is 3. The smallest absolute Gasteiger partial charge is 0.235 e. The highest BCUT2D eigenvalue weighted by Gasteiger charge is 2.65. The van der Waals surface area contributed by atoms with Crippen LogP contribution >= 0.6 is 0 Å². The summed E-state index contributed by atoms with van der Waals surface area (Å²) >= 11 is 0. The van der Waals surface area contributed by atoms with Gasteiger partial charge in [0.2, 0.25) is 5.91 Å². The van der Waals surface area contributed by atoms with Crippen molar-refractivity contribution in [3.05, 3.63) is 88.6 Å². The molecular weight excluding hydrogens is 436 g/mol. The summed E-state index contributed by atoms with van der Waals surface area (Å²) in [5, 5.41) is 11.8. The van der Waals surface area contributed by atoms with Gasteiger partial charge in [-0.2, -0.15) is 5.10 Å². The summed E-state index contributed by atoms with van der Waals surface area (Å²) in [4.78, 5) is 15.1. The second-order valence-corrected chi connectivity index (χ2v) is 9.82. The Balaban J connectivity index is 1.24. The highest BCUT2D eigenvalue weighted by Crippen LogP contribution is 2.65. The third kappa shape index (κ3) is 3.61. The van der Waals surface area contributed by atoms with Gasteiger partial charge in [-0.3, -0.25) is 9.89 Å². The van der Waals surface area contributed by atoms with Crippen LogP contribution in [0.3, 0.4) is 0 Å². The number of aromatic nitrogens is 2. The van der Waals surface area contributed by atoms with Gasteiger partial charge >= 0.3 is 0 Å². The number of amides is 1. The second kappa shape index (κ2) is 8.10. The molecule has 2 aliphatic rings. The molecule has 176 valence electrons. The van der Waals surface area contributed by atoms with E-state index in [0.29, 0.717) is 0 Å². The Bertz CT molecular complexity index is 1470. The summed E-state index contributed by atoms with van der Waals surface area (Å²) in [6.45, 7) is 0.930. The average Bonchev–Trinajstić information content (AvgIpc) is 3.40. The lowest BCUT2D eigenvalue weighted by Crippen LogP contribution is -2.21. The van der Waals surface area contributed by atoms with Crippen molar-refractivity contribution in [1.82, 2.24) is 15.1 Å². The van der Waals surface area contributed by atoms with Crippen LogP contribution in [0.15, 0.2) is 60.7 Å². The van der Waals surface area contributed by atoms with Crippen molar-refractivity contribution in [3.63, 3.8) is 0 Å². The van der Waals surface area contributed by atoms with Crippen LogP contribution in [0.1, 0.15) is 40.3 Å². The van der Waals surface area contributed by atoms with Crippen molar-refractivity contribution in [1.29, 1.82) is 0 Å². The van der Waals surface area contributed by atoms with Crippen LogP contribution in [0.5, 0.6) is 5.75 Å². The van der Waals surface area contributed by atoms with Crippen LogP contribution in [0.25, 0.3) is 23.1 Å². The van der Waals surface area contributed by atoms with E-state index >= 15 is 0 Å². The third-order valence-electron chi connectivity index (χ3n) is 7.25. The topological polar surface area (TPSA) is 70.2 Å². The SMILES string of the molecule is COc1ccc2c(c1)[C@@]1(C[C@@H]1c1ccc3c(C=Cc4ccc(CN(C)C)cc4)n[nH]c3c1)C(=O)N2. The zero-order valence-electron chi connectivity index (χ0n) is 20.1. The molecule has 6 rings (SSSR count). The molecule has 0 radical (unpaired) electrons. The van der Waals surface area contributed by atoms with Gasteiger partial charge in [0.15, 0.2) is 0 Å². The lowest BCUT2D eigenvalue weighted by Gasteiger charge is -2.10. The molecule has 1 aliphatic carbocycles. The summed E-state index contributed by atoms with van der Waals surface area (Å²) in [6.07, 6.45) is 4.94. The van der Waals surface area contributed by atoms with E-state index in [4.69, 9.17) is 4.74 Å². The van der Waals surface area contributed by atoms with Gasteiger partial charge < -0.3 is 15.0 Å². The van der Waals surface area contributed by atoms with Gasteiger partial charge in [-0.05, 0) is 73.1 Å². The van der Waals surface area contributed by atoms with Crippen molar-refractivity contribution in [2.24, 2.45) is 0 Å². The molecule has 1 amide bonds. The number of fused-ring (bicyclic) bond motifs is 3. The maximum atomic E-state index is 13.0. The Hall–Kier alpha value is -3.90. The number of carbonyl (C=O) groups is 1. The number of nitrogens with zero attached hydrogens (tertiary/aromatic N) is 2. The Labute approximate surface area is 204 Å². The third-order valence-corrected chi connectivity index (χ3v) is 7.25. The first kappa shape index (κ1) is 21.6. The number of carbonyl (C=O) groups excluding carboxylic acids is 1. The molecule has 0 unspecified atom stereocenters. The van der Waals surface area contributed by atoms with Crippen LogP contribution in [-0.4, -0.2) is 42.2 Å². The molecule has 2 N–H and O–H groups in total. The molecule has 1 saturated carbocycles. The number of nitrogens with one attached hydrogen (secondary N) is 2. The molecule has 35 heavy (non-hydrogen) atoms. The van der Waals surface area contributed by atoms with E-state index in [9.17, 15) is 4.79 Å². The van der Waals surface area contributed by atoms with Gasteiger partial charge in [0, 0.05) is 23.5 Å². The minimum absolute atomic E-state index is 0.0793. The van der Waals surface area contributed by atoms with Crippen molar-refractivity contribution >= 4 is 34.6 Å². The zero-order valence-corrected chi connectivity index (χ0v) is 20.1. The van der Waals surface area contributed by atoms with E-state index in [-0.39, 0.29) is 11.8 Å². The standard InChI is InChI=1S/C29H28N4O2/c1-33(2)17-19-6-4-18(5-7-19)8-12-25-22-11-9-20(14-27(22)32-31-25)24-16-29(24)23-15-21(35-3)10-13-26(23)30-28(29)34/h4-15,24H,16-17H2,1-3H3,(H,30,34)(H,31,32)/t24-,29-/m1/s1. The first-order chi connectivity index (χ1) is 17.0. The fourth-order valence-electron chi connectivity index (χ4n) is 5.38. The molecular formula is C29H28N4O2. The number of H-pyrrole nitrogens is 1. The molecule has 3 aromatic carbocycles. The first-order valence-corrected chi connectivity index (χ1v) is 11.9. The van der Waals surface area contributed by atoms with Gasteiger partial charge in [-0.1, -0.05) is 42.5 Å². The number of aromatic amines is 1. The molecule has 1 aliphatic heterocycles. The number of anilines is 1. The molecule has 1 aromatic heterocycles. The average molecular weight is 465 g/mol. The van der Waals surface area contributed by atoms with Crippen LogP contribution in [0, 0.1) is 0 Å². The largest absolute Gasteiger partial charge is 0.497 e. The number of ether oxygens (including phenoxy) is 1. The Morgan fingerprint density at radius 1 is 1.09 bits per heavy atom.